The Morgan fingerprint density at radius 2 is 1.16 bits per heavy atom. The van der Waals surface area contributed by atoms with Crippen LogP contribution in [0, 0.1) is 5.41 Å². The highest BCUT2D eigenvalue weighted by Gasteiger charge is 2.18. The molecule has 7 heteroatoms. The lowest BCUT2D eigenvalue weighted by atomic mass is 9.96. The highest BCUT2D eigenvalue weighted by molar-refractivity contribution is 6.20. The van der Waals surface area contributed by atoms with Crippen molar-refractivity contribution < 1.29 is 0 Å². The Balaban J connectivity index is 1.34. The topological polar surface area (TPSA) is 100 Å². The summed E-state index contributed by atoms with van der Waals surface area (Å²) < 4.78 is 0. The maximum absolute atomic E-state index is 9.40. The predicted molar refractivity (Wildman–Crippen MR) is 171 cm³/mol. The van der Waals surface area contributed by atoms with E-state index >= 15 is 0 Å². The average Bonchev–Trinajstić information content (AvgIpc) is 3.09. The minimum Gasteiger partial charge on any atom is -0.355 e. The number of nitrogens with zero attached hydrogens (tertiary/aromatic N) is 5. The Labute approximate surface area is 248 Å². The molecule has 7 nitrogen and oxygen atoms in total. The highest BCUT2D eigenvalue weighted by atomic mass is 15.0. The van der Waals surface area contributed by atoms with Gasteiger partial charge in [-0.1, -0.05) is 97.1 Å². The Kier molecular flexibility index (Phi) is 6.87. The molecule has 3 heterocycles. The lowest BCUT2D eigenvalue weighted by molar-refractivity contribution is 1.06. The maximum atomic E-state index is 9.40. The van der Waals surface area contributed by atoms with Gasteiger partial charge in [-0.3, -0.25) is 10.4 Å². The van der Waals surface area contributed by atoms with Crippen LogP contribution in [-0.4, -0.2) is 30.6 Å². The maximum Gasteiger partial charge on any atom is 0.182 e. The lowest BCUT2D eigenvalue weighted by Crippen LogP contribution is -2.10. The molecular weight excluding hydrogens is 530 g/mol. The van der Waals surface area contributed by atoms with Crippen molar-refractivity contribution in [2.45, 2.75) is 0 Å². The highest BCUT2D eigenvalue weighted by Crippen LogP contribution is 2.31. The van der Waals surface area contributed by atoms with Crippen LogP contribution >= 0.6 is 0 Å². The van der Waals surface area contributed by atoms with Crippen LogP contribution in [-0.2, 0) is 0 Å². The second-order valence-electron chi connectivity index (χ2n) is 9.89. The molecule has 204 valence electrons. The summed E-state index contributed by atoms with van der Waals surface area (Å²) in [6.45, 7) is 0. The molecule has 43 heavy (non-hydrogen) atoms. The number of nitrogens with one attached hydrogen (secondary N) is 2. The number of rotatable bonds is 7. The Bertz CT molecular complexity index is 2000. The minimum atomic E-state index is 0.288. The first kappa shape index (κ1) is 25.9. The van der Waals surface area contributed by atoms with Crippen molar-refractivity contribution in [2.75, 3.05) is 5.32 Å². The van der Waals surface area contributed by atoms with Gasteiger partial charge in [-0.05, 0) is 41.1 Å². The first-order chi connectivity index (χ1) is 21.2. The van der Waals surface area contributed by atoms with Crippen LogP contribution < -0.4 is 5.32 Å². The van der Waals surface area contributed by atoms with Crippen LogP contribution in [0.3, 0.4) is 0 Å². The molecule has 0 saturated heterocycles. The van der Waals surface area contributed by atoms with Crippen LogP contribution in [0.1, 0.15) is 11.3 Å². The Morgan fingerprint density at radius 1 is 0.535 bits per heavy atom. The summed E-state index contributed by atoms with van der Waals surface area (Å²) >= 11 is 0. The minimum absolute atomic E-state index is 0.288. The number of anilines is 2. The summed E-state index contributed by atoms with van der Waals surface area (Å²) in [5, 5.41) is 14.9. The standard InChI is InChI=1S/C36H25N7/c37-33(32-28-15-8-7-10-24(28)18-19-29(32)39-27-20-22-38-23-21-27)30-16-9-17-31(40-30)36-42-34(25-11-3-1-4-12-25)41-35(43-36)26-13-5-2-6-14-26/h1-23,37H,(H,38,39). The monoisotopic (exact) mass is 555 g/mol. The van der Waals surface area contributed by atoms with Crippen LogP contribution in [0.4, 0.5) is 11.4 Å². The molecule has 7 rings (SSSR count). The largest absolute Gasteiger partial charge is 0.355 e. The fraction of sp³-hybridized carbons (Fsp3) is 0. The Hall–Kier alpha value is -6.08. The van der Waals surface area contributed by atoms with E-state index in [9.17, 15) is 5.41 Å². The lowest BCUT2D eigenvalue weighted by Gasteiger charge is -2.16. The molecule has 0 spiro atoms. The number of hydrogen-bond donors (Lipinski definition) is 2. The molecule has 0 saturated carbocycles. The summed E-state index contributed by atoms with van der Waals surface area (Å²) in [7, 11) is 0. The molecular formula is C36H25N7. The molecule has 0 bridgehead atoms. The SMILES string of the molecule is N=C(c1cccc(-c2nc(-c3ccccc3)nc(-c3ccccc3)n2)n1)c1c(Nc2ccncc2)ccc2ccccc12. The molecule has 7 aromatic rings. The van der Waals surface area contributed by atoms with E-state index in [2.05, 4.69) is 16.4 Å². The van der Waals surface area contributed by atoms with Crippen molar-refractivity contribution in [3.8, 4) is 34.3 Å². The van der Waals surface area contributed by atoms with Gasteiger partial charge in [-0.15, -0.1) is 0 Å². The first-order valence-electron chi connectivity index (χ1n) is 13.9. The average molecular weight is 556 g/mol. The number of fused-ring (bicyclic) bond motifs is 1. The zero-order chi connectivity index (χ0) is 29.0. The van der Waals surface area contributed by atoms with Crippen molar-refractivity contribution in [1.29, 1.82) is 5.41 Å². The molecule has 0 aliphatic rings. The van der Waals surface area contributed by atoms with Gasteiger partial charge in [-0.2, -0.15) is 0 Å². The zero-order valence-electron chi connectivity index (χ0n) is 23.0. The van der Waals surface area contributed by atoms with E-state index in [1.807, 2.05) is 121 Å². The fourth-order valence-corrected chi connectivity index (χ4v) is 4.99. The van der Waals surface area contributed by atoms with Gasteiger partial charge in [-0.25, -0.2) is 19.9 Å². The van der Waals surface area contributed by atoms with Gasteiger partial charge in [0.1, 0.15) is 5.69 Å². The molecule has 2 N–H and O–H groups in total. The fourth-order valence-electron chi connectivity index (χ4n) is 4.99. The first-order valence-corrected chi connectivity index (χ1v) is 13.9. The summed E-state index contributed by atoms with van der Waals surface area (Å²) in [5.74, 6) is 1.56. The van der Waals surface area contributed by atoms with E-state index in [0.717, 1.165) is 38.8 Å². The number of hydrogen-bond acceptors (Lipinski definition) is 7. The molecule has 0 aliphatic heterocycles. The molecule has 0 amide bonds. The molecule has 0 radical (unpaired) electrons. The van der Waals surface area contributed by atoms with E-state index in [4.69, 9.17) is 19.9 Å². The molecule has 0 fully saturated rings. The predicted octanol–water partition coefficient (Wildman–Crippen LogP) is 7.98. The van der Waals surface area contributed by atoms with Gasteiger partial charge in [0.05, 0.1) is 11.4 Å². The van der Waals surface area contributed by atoms with Crippen molar-refractivity contribution >= 4 is 27.9 Å². The van der Waals surface area contributed by atoms with Crippen molar-refractivity contribution in [3.05, 3.63) is 151 Å². The summed E-state index contributed by atoms with van der Waals surface area (Å²) in [4.78, 5) is 23.5. The van der Waals surface area contributed by atoms with E-state index in [1.54, 1.807) is 12.4 Å². The van der Waals surface area contributed by atoms with E-state index in [1.165, 1.54) is 0 Å². The second-order valence-corrected chi connectivity index (χ2v) is 9.89. The second kappa shape index (κ2) is 11.4. The summed E-state index contributed by atoms with van der Waals surface area (Å²) in [6, 6.07) is 41.2. The summed E-state index contributed by atoms with van der Waals surface area (Å²) in [6.07, 6.45) is 3.48. The van der Waals surface area contributed by atoms with E-state index < -0.39 is 0 Å². The van der Waals surface area contributed by atoms with Crippen LogP contribution in [0.2, 0.25) is 0 Å². The van der Waals surface area contributed by atoms with Gasteiger partial charge in [0.15, 0.2) is 17.5 Å². The van der Waals surface area contributed by atoms with Crippen LogP contribution in [0.25, 0.3) is 45.1 Å². The molecule has 3 aromatic heterocycles. The van der Waals surface area contributed by atoms with Gasteiger partial charge >= 0.3 is 0 Å². The summed E-state index contributed by atoms with van der Waals surface area (Å²) in [5.41, 5.74) is 5.57. The van der Waals surface area contributed by atoms with Crippen molar-refractivity contribution in [2.24, 2.45) is 0 Å². The number of benzene rings is 4. The molecule has 0 unspecified atom stereocenters. The smallest absolute Gasteiger partial charge is 0.182 e. The number of pyridine rings is 2. The molecule has 0 atom stereocenters. The van der Waals surface area contributed by atoms with Gasteiger partial charge in [0, 0.05) is 40.5 Å². The van der Waals surface area contributed by atoms with Crippen molar-refractivity contribution in [1.82, 2.24) is 24.9 Å². The van der Waals surface area contributed by atoms with E-state index in [0.29, 0.717) is 28.9 Å². The quantitative estimate of drug-likeness (QED) is 0.193. The molecule has 4 aromatic carbocycles. The normalized spacial score (nSPS) is 10.9. The Morgan fingerprint density at radius 3 is 1.86 bits per heavy atom. The third-order valence-corrected chi connectivity index (χ3v) is 7.07. The van der Waals surface area contributed by atoms with Gasteiger partial charge in [0.2, 0.25) is 0 Å². The zero-order valence-corrected chi connectivity index (χ0v) is 23.0. The van der Waals surface area contributed by atoms with Crippen LogP contribution in [0.5, 0.6) is 0 Å². The van der Waals surface area contributed by atoms with E-state index in [-0.39, 0.29) is 5.71 Å². The number of aromatic nitrogens is 5. The van der Waals surface area contributed by atoms with Crippen LogP contribution in [0.15, 0.2) is 140 Å². The molecule has 0 aliphatic carbocycles. The van der Waals surface area contributed by atoms with Gasteiger partial charge in [0.25, 0.3) is 0 Å². The third kappa shape index (κ3) is 5.35. The van der Waals surface area contributed by atoms with Gasteiger partial charge < -0.3 is 5.32 Å². The third-order valence-electron chi connectivity index (χ3n) is 7.07. The van der Waals surface area contributed by atoms with Crippen molar-refractivity contribution in [3.63, 3.8) is 0 Å².